The smallest absolute Gasteiger partial charge is 0.146 e. The van der Waals surface area contributed by atoms with Crippen LogP contribution in [0, 0.1) is 0 Å². The number of para-hydroxylation sites is 1. The Kier molecular flexibility index (Phi) is 1.64. The number of nitrogens with zero attached hydrogens (tertiary/aromatic N) is 1. The molecule has 3 heteroatoms. The molecule has 0 spiro atoms. The number of rotatable bonds is 1. The largest absolute Gasteiger partial charge is 0.455 e. The van der Waals surface area contributed by atoms with Gasteiger partial charge < -0.3 is 4.42 Å². The molecule has 0 amide bonds. The van der Waals surface area contributed by atoms with E-state index >= 15 is 0 Å². The Bertz CT molecular complexity index is 520. The van der Waals surface area contributed by atoms with Crippen molar-refractivity contribution in [1.82, 2.24) is 4.98 Å². The quantitative estimate of drug-likeness (QED) is 0.601. The molecule has 0 unspecified atom stereocenters. The summed E-state index contributed by atoms with van der Waals surface area (Å²) in [6, 6.07) is 10.0. The SMILES string of the molecule is c1ccc2oc(-c3cncs3)cc2c1. The van der Waals surface area contributed by atoms with E-state index in [1.54, 1.807) is 11.3 Å². The van der Waals surface area contributed by atoms with Crippen LogP contribution in [0.1, 0.15) is 0 Å². The molecule has 3 rings (SSSR count). The van der Waals surface area contributed by atoms with Gasteiger partial charge >= 0.3 is 0 Å². The highest BCUT2D eigenvalue weighted by Gasteiger charge is 2.05. The lowest BCUT2D eigenvalue weighted by molar-refractivity contribution is 0.633. The van der Waals surface area contributed by atoms with Gasteiger partial charge in [-0.2, -0.15) is 0 Å². The van der Waals surface area contributed by atoms with Crippen molar-refractivity contribution in [2.24, 2.45) is 0 Å². The molecule has 2 nitrogen and oxygen atoms in total. The summed E-state index contributed by atoms with van der Waals surface area (Å²) in [5, 5.41) is 1.14. The van der Waals surface area contributed by atoms with Crippen molar-refractivity contribution in [2.75, 3.05) is 0 Å². The molecule has 68 valence electrons. The number of hydrogen-bond donors (Lipinski definition) is 0. The van der Waals surface area contributed by atoms with Gasteiger partial charge in [-0.3, -0.25) is 4.98 Å². The monoisotopic (exact) mass is 201 g/mol. The fourth-order valence-electron chi connectivity index (χ4n) is 1.44. The van der Waals surface area contributed by atoms with E-state index in [2.05, 4.69) is 4.98 Å². The molecule has 3 aromatic rings. The first-order valence-electron chi connectivity index (χ1n) is 4.31. The van der Waals surface area contributed by atoms with Crippen LogP contribution in [-0.4, -0.2) is 4.98 Å². The van der Waals surface area contributed by atoms with Crippen LogP contribution < -0.4 is 0 Å². The van der Waals surface area contributed by atoms with Crippen LogP contribution >= 0.6 is 11.3 Å². The van der Waals surface area contributed by atoms with Crippen molar-refractivity contribution in [3.8, 4) is 10.6 Å². The number of furan rings is 1. The third-order valence-electron chi connectivity index (χ3n) is 2.10. The zero-order valence-corrected chi connectivity index (χ0v) is 8.12. The van der Waals surface area contributed by atoms with E-state index < -0.39 is 0 Å². The lowest BCUT2D eigenvalue weighted by atomic mass is 10.2. The molecule has 0 radical (unpaired) electrons. The van der Waals surface area contributed by atoms with E-state index in [0.717, 1.165) is 21.6 Å². The van der Waals surface area contributed by atoms with Gasteiger partial charge in [-0.05, 0) is 12.1 Å². The maximum Gasteiger partial charge on any atom is 0.146 e. The first-order chi connectivity index (χ1) is 6.93. The number of thiazole rings is 1. The molecule has 0 N–H and O–H groups in total. The molecule has 0 saturated heterocycles. The summed E-state index contributed by atoms with van der Waals surface area (Å²) < 4.78 is 5.68. The normalized spacial score (nSPS) is 10.9. The van der Waals surface area contributed by atoms with Crippen LogP contribution in [0.3, 0.4) is 0 Å². The zero-order chi connectivity index (χ0) is 9.38. The summed E-state index contributed by atoms with van der Waals surface area (Å²) in [6.07, 6.45) is 1.82. The van der Waals surface area contributed by atoms with E-state index in [1.807, 2.05) is 42.0 Å². The second kappa shape index (κ2) is 2.96. The van der Waals surface area contributed by atoms with E-state index in [9.17, 15) is 0 Å². The van der Waals surface area contributed by atoms with E-state index in [4.69, 9.17) is 4.42 Å². The predicted octanol–water partition coefficient (Wildman–Crippen LogP) is 3.56. The van der Waals surface area contributed by atoms with Crippen molar-refractivity contribution < 1.29 is 4.42 Å². The Morgan fingerprint density at radius 3 is 2.93 bits per heavy atom. The Morgan fingerprint density at radius 2 is 2.14 bits per heavy atom. The summed E-state index contributed by atoms with van der Waals surface area (Å²) in [6.45, 7) is 0. The highest BCUT2D eigenvalue weighted by atomic mass is 32.1. The standard InChI is InChI=1S/C11H7NOS/c1-2-4-9-8(3-1)5-10(13-9)11-6-12-7-14-11/h1-7H. The molecule has 2 aromatic heterocycles. The van der Waals surface area contributed by atoms with Gasteiger partial charge in [0.25, 0.3) is 0 Å². The molecule has 0 aliphatic heterocycles. The van der Waals surface area contributed by atoms with E-state index in [1.165, 1.54) is 0 Å². The van der Waals surface area contributed by atoms with Crippen molar-refractivity contribution in [1.29, 1.82) is 0 Å². The van der Waals surface area contributed by atoms with Gasteiger partial charge in [0.05, 0.1) is 10.4 Å². The van der Waals surface area contributed by atoms with Gasteiger partial charge in [0, 0.05) is 11.6 Å². The van der Waals surface area contributed by atoms with E-state index in [0.29, 0.717) is 0 Å². The first kappa shape index (κ1) is 7.76. The van der Waals surface area contributed by atoms with Crippen LogP contribution in [0.15, 0.2) is 46.5 Å². The van der Waals surface area contributed by atoms with Crippen molar-refractivity contribution in [2.45, 2.75) is 0 Å². The van der Waals surface area contributed by atoms with Crippen molar-refractivity contribution >= 4 is 22.3 Å². The predicted molar refractivity (Wildman–Crippen MR) is 57.3 cm³/mol. The molecule has 0 aliphatic rings. The minimum Gasteiger partial charge on any atom is -0.455 e. The zero-order valence-electron chi connectivity index (χ0n) is 7.31. The van der Waals surface area contributed by atoms with Gasteiger partial charge in [0.15, 0.2) is 0 Å². The van der Waals surface area contributed by atoms with Gasteiger partial charge in [-0.25, -0.2) is 0 Å². The van der Waals surface area contributed by atoms with Gasteiger partial charge in [0.2, 0.25) is 0 Å². The van der Waals surface area contributed by atoms with Crippen molar-refractivity contribution in [3.63, 3.8) is 0 Å². The van der Waals surface area contributed by atoms with Crippen molar-refractivity contribution in [3.05, 3.63) is 42.0 Å². The van der Waals surface area contributed by atoms with Gasteiger partial charge in [-0.15, -0.1) is 11.3 Å². The topological polar surface area (TPSA) is 26.0 Å². The fourth-order valence-corrected chi connectivity index (χ4v) is 2.01. The second-order valence-electron chi connectivity index (χ2n) is 3.01. The minimum atomic E-state index is 0.897. The lowest BCUT2D eigenvalue weighted by Gasteiger charge is -1.85. The van der Waals surface area contributed by atoms with Crippen LogP contribution in [0.2, 0.25) is 0 Å². The van der Waals surface area contributed by atoms with Crippen LogP contribution in [-0.2, 0) is 0 Å². The summed E-state index contributed by atoms with van der Waals surface area (Å²) in [5.41, 5.74) is 2.73. The highest BCUT2D eigenvalue weighted by molar-refractivity contribution is 7.13. The molecule has 2 heterocycles. The first-order valence-corrected chi connectivity index (χ1v) is 5.19. The Balaban J connectivity index is 2.24. The maximum atomic E-state index is 5.68. The molecule has 1 aromatic carbocycles. The van der Waals surface area contributed by atoms with Crippen LogP contribution in [0.4, 0.5) is 0 Å². The summed E-state index contributed by atoms with van der Waals surface area (Å²) >= 11 is 1.59. The molecule has 0 saturated carbocycles. The Labute approximate surface area is 84.8 Å². The molecule has 0 atom stereocenters. The van der Waals surface area contributed by atoms with Crippen LogP contribution in [0.5, 0.6) is 0 Å². The molecule has 14 heavy (non-hydrogen) atoms. The fraction of sp³-hybridized carbons (Fsp3) is 0. The third-order valence-corrected chi connectivity index (χ3v) is 2.89. The third kappa shape index (κ3) is 1.14. The maximum absolute atomic E-state index is 5.68. The molecular weight excluding hydrogens is 194 g/mol. The highest BCUT2D eigenvalue weighted by Crippen LogP contribution is 2.29. The Morgan fingerprint density at radius 1 is 1.21 bits per heavy atom. The van der Waals surface area contributed by atoms with Gasteiger partial charge in [0.1, 0.15) is 11.3 Å². The van der Waals surface area contributed by atoms with Gasteiger partial charge in [-0.1, -0.05) is 18.2 Å². The second-order valence-corrected chi connectivity index (χ2v) is 3.90. The molecule has 0 aliphatic carbocycles. The number of aromatic nitrogens is 1. The summed E-state index contributed by atoms with van der Waals surface area (Å²) in [7, 11) is 0. The Hall–Kier alpha value is -1.61. The number of benzene rings is 1. The summed E-state index contributed by atoms with van der Waals surface area (Å²) in [5.74, 6) is 0.897. The number of fused-ring (bicyclic) bond motifs is 1. The lowest BCUT2D eigenvalue weighted by Crippen LogP contribution is -1.60. The minimum absolute atomic E-state index is 0.897. The summed E-state index contributed by atoms with van der Waals surface area (Å²) in [4.78, 5) is 5.10. The molecular formula is C11H7NOS. The number of hydrogen-bond acceptors (Lipinski definition) is 3. The van der Waals surface area contributed by atoms with E-state index in [-0.39, 0.29) is 0 Å². The molecule has 0 bridgehead atoms. The average molecular weight is 201 g/mol. The molecule has 0 fully saturated rings. The average Bonchev–Trinajstić information content (AvgIpc) is 2.86. The van der Waals surface area contributed by atoms with Crippen LogP contribution in [0.25, 0.3) is 21.6 Å².